The van der Waals surface area contributed by atoms with Crippen molar-refractivity contribution in [1.29, 1.82) is 0 Å². The Morgan fingerprint density at radius 3 is 2.31 bits per heavy atom. The minimum absolute atomic E-state index is 0.884. The van der Waals surface area contributed by atoms with Crippen molar-refractivity contribution in [2.75, 3.05) is 0 Å². The van der Waals surface area contributed by atoms with Gasteiger partial charge in [-0.05, 0) is 48.5 Å². The molecule has 9 aromatic rings. The van der Waals surface area contributed by atoms with E-state index in [1.807, 2.05) is 48.1 Å². The lowest BCUT2D eigenvalue weighted by Crippen LogP contribution is -1.97. The van der Waals surface area contributed by atoms with Crippen LogP contribution in [0.5, 0.6) is 0 Å². The molecule has 0 spiro atoms. The first-order valence-corrected chi connectivity index (χ1v) is 13.7. The molecule has 182 valence electrons. The van der Waals surface area contributed by atoms with Gasteiger partial charge in [-0.25, -0.2) is 9.97 Å². The Bertz CT molecular complexity index is 2400. The van der Waals surface area contributed by atoms with E-state index in [4.69, 9.17) is 15.0 Å². The van der Waals surface area contributed by atoms with Crippen LogP contribution < -0.4 is 0 Å². The molecule has 39 heavy (non-hydrogen) atoms. The minimum Gasteiger partial charge on any atom is -0.305 e. The Hall–Kier alpha value is -5.07. The largest absolute Gasteiger partial charge is 0.305 e. The fourth-order valence-electron chi connectivity index (χ4n) is 6.07. The maximum Gasteiger partial charge on any atom is 0.148 e. The van der Waals surface area contributed by atoms with Crippen molar-refractivity contribution in [3.05, 3.63) is 116 Å². The second-order valence-electron chi connectivity index (χ2n) is 9.72. The number of thiophene rings is 1. The molecule has 0 atom stereocenters. The number of rotatable bonds is 2. The van der Waals surface area contributed by atoms with Crippen LogP contribution in [0.2, 0.25) is 0 Å². The average molecular weight is 518 g/mol. The first kappa shape index (κ1) is 20.9. The van der Waals surface area contributed by atoms with Crippen molar-refractivity contribution in [3.63, 3.8) is 0 Å². The third-order valence-corrected chi connectivity index (χ3v) is 8.87. The van der Waals surface area contributed by atoms with E-state index in [9.17, 15) is 0 Å². The highest BCUT2D eigenvalue weighted by Crippen LogP contribution is 2.43. The summed E-state index contributed by atoms with van der Waals surface area (Å²) in [5, 5.41) is 5.74. The van der Waals surface area contributed by atoms with Crippen molar-refractivity contribution in [3.8, 4) is 11.4 Å². The van der Waals surface area contributed by atoms with Crippen LogP contribution in [0.3, 0.4) is 0 Å². The third kappa shape index (κ3) is 2.76. The molecule has 0 N–H and O–H groups in total. The second-order valence-corrected chi connectivity index (χ2v) is 10.8. The predicted molar refractivity (Wildman–Crippen MR) is 161 cm³/mol. The van der Waals surface area contributed by atoms with Crippen molar-refractivity contribution < 1.29 is 0 Å². The van der Waals surface area contributed by atoms with E-state index in [1.54, 1.807) is 0 Å². The summed E-state index contributed by atoms with van der Waals surface area (Å²) in [6.07, 6.45) is 5.70. The highest BCUT2D eigenvalue weighted by Gasteiger charge is 2.23. The van der Waals surface area contributed by atoms with Gasteiger partial charge in [-0.2, -0.15) is 0 Å². The maximum absolute atomic E-state index is 5.05. The highest BCUT2D eigenvalue weighted by atomic mass is 32.1. The van der Waals surface area contributed by atoms with Crippen LogP contribution in [0.15, 0.2) is 116 Å². The molecule has 6 heteroatoms. The standard InChI is InChI=1S/C33H19N5S/c1-2-9-20(10-3-1)37-32-23(13-7-18-35-32)28-30-24(19-36-33(28)37)29-25(15-8-17-34-29)38(30)26-14-6-12-22-21-11-4-5-16-27(21)39-31(22)26/h1-19H. The lowest BCUT2D eigenvalue weighted by Gasteiger charge is -2.10. The van der Waals surface area contributed by atoms with Crippen LogP contribution >= 0.6 is 11.3 Å². The normalized spacial score (nSPS) is 12.1. The fraction of sp³-hybridized carbons (Fsp3) is 0. The lowest BCUT2D eigenvalue weighted by molar-refractivity contribution is 1.10. The molecule has 0 aliphatic heterocycles. The summed E-state index contributed by atoms with van der Waals surface area (Å²) in [6.45, 7) is 0. The number of benzene rings is 3. The maximum atomic E-state index is 5.05. The second kappa shape index (κ2) is 7.72. The molecule has 3 aromatic carbocycles. The van der Waals surface area contributed by atoms with Gasteiger partial charge in [0.25, 0.3) is 0 Å². The molecule has 5 nitrogen and oxygen atoms in total. The van der Waals surface area contributed by atoms with E-state index in [2.05, 4.69) is 88.0 Å². The van der Waals surface area contributed by atoms with Gasteiger partial charge >= 0.3 is 0 Å². The molecule has 0 aliphatic rings. The molecule has 9 rings (SSSR count). The number of fused-ring (bicyclic) bond motifs is 10. The van der Waals surface area contributed by atoms with E-state index in [0.717, 1.165) is 55.4 Å². The quantitative estimate of drug-likeness (QED) is 0.231. The van der Waals surface area contributed by atoms with Crippen LogP contribution in [0.4, 0.5) is 0 Å². The van der Waals surface area contributed by atoms with Crippen LogP contribution in [-0.2, 0) is 0 Å². The van der Waals surface area contributed by atoms with Gasteiger partial charge in [0.1, 0.15) is 11.3 Å². The predicted octanol–water partition coefficient (Wildman–Crippen LogP) is 8.43. The molecule has 6 heterocycles. The number of nitrogens with zero attached hydrogens (tertiary/aromatic N) is 5. The Balaban J connectivity index is 1.54. The summed E-state index contributed by atoms with van der Waals surface area (Å²) in [5.41, 5.74) is 7.08. The Morgan fingerprint density at radius 1 is 0.564 bits per heavy atom. The van der Waals surface area contributed by atoms with Gasteiger partial charge in [0.2, 0.25) is 0 Å². The average Bonchev–Trinajstić information content (AvgIpc) is 3.65. The molecule has 0 saturated carbocycles. The Morgan fingerprint density at radius 2 is 1.36 bits per heavy atom. The summed E-state index contributed by atoms with van der Waals surface area (Å²) in [7, 11) is 0. The smallest absolute Gasteiger partial charge is 0.148 e. The number of hydrogen-bond acceptors (Lipinski definition) is 4. The summed E-state index contributed by atoms with van der Waals surface area (Å²) in [4.78, 5) is 14.7. The topological polar surface area (TPSA) is 48.5 Å². The van der Waals surface area contributed by atoms with Crippen LogP contribution in [0.25, 0.3) is 75.6 Å². The first-order valence-electron chi connectivity index (χ1n) is 12.9. The number of pyridine rings is 3. The van der Waals surface area contributed by atoms with E-state index >= 15 is 0 Å². The van der Waals surface area contributed by atoms with Gasteiger partial charge in [-0.1, -0.05) is 48.5 Å². The van der Waals surface area contributed by atoms with E-state index in [1.165, 1.54) is 20.2 Å². The van der Waals surface area contributed by atoms with Gasteiger partial charge in [-0.3, -0.25) is 9.55 Å². The minimum atomic E-state index is 0.884. The number of hydrogen-bond donors (Lipinski definition) is 0. The van der Waals surface area contributed by atoms with Gasteiger partial charge in [0.05, 0.1) is 32.3 Å². The molecule has 0 saturated heterocycles. The molecular weight excluding hydrogens is 498 g/mol. The van der Waals surface area contributed by atoms with Crippen molar-refractivity contribution >= 4 is 75.5 Å². The first-order chi connectivity index (χ1) is 19.4. The SMILES string of the molecule is c1ccc(-n2c3ncccc3c3c2ncc2c4ncccc4n(-c4cccc5c4sc4ccccc45)c23)cc1. The van der Waals surface area contributed by atoms with Gasteiger partial charge < -0.3 is 4.57 Å². The molecule has 0 bridgehead atoms. The molecule has 0 unspecified atom stereocenters. The van der Waals surface area contributed by atoms with E-state index in [-0.39, 0.29) is 0 Å². The lowest BCUT2D eigenvalue weighted by atomic mass is 10.1. The van der Waals surface area contributed by atoms with Crippen molar-refractivity contribution in [1.82, 2.24) is 24.1 Å². The highest BCUT2D eigenvalue weighted by molar-refractivity contribution is 7.26. The van der Waals surface area contributed by atoms with Gasteiger partial charge in [0.15, 0.2) is 0 Å². The summed E-state index contributed by atoms with van der Waals surface area (Å²) in [5.74, 6) is 0. The third-order valence-electron chi connectivity index (χ3n) is 7.66. The zero-order valence-corrected chi connectivity index (χ0v) is 21.4. The fourth-order valence-corrected chi connectivity index (χ4v) is 7.28. The Labute approximate surface area is 226 Å². The summed E-state index contributed by atoms with van der Waals surface area (Å²) < 4.78 is 7.10. The molecule has 6 aromatic heterocycles. The molecule has 0 amide bonds. The molecular formula is C33H19N5S. The van der Waals surface area contributed by atoms with Crippen molar-refractivity contribution in [2.45, 2.75) is 0 Å². The number of aromatic nitrogens is 5. The van der Waals surface area contributed by atoms with Crippen LogP contribution in [0, 0.1) is 0 Å². The summed E-state index contributed by atoms with van der Waals surface area (Å²) >= 11 is 1.84. The molecule has 0 radical (unpaired) electrons. The van der Waals surface area contributed by atoms with Gasteiger partial charge in [-0.15, -0.1) is 11.3 Å². The van der Waals surface area contributed by atoms with Crippen LogP contribution in [0.1, 0.15) is 0 Å². The van der Waals surface area contributed by atoms with E-state index < -0.39 is 0 Å². The zero-order valence-electron chi connectivity index (χ0n) is 20.6. The number of para-hydroxylation sites is 1. The van der Waals surface area contributed by atoms with Gasteiger partial charge in [0, 0.05) is 50.5 Å². The van der Waals surface area contributed by atoms with E-state index in [0.29, 0.717) is 0 Å². The molecule has 0 aliphatic carbocycles. The van der Waals surface area contributed by atoms with Crippen LogP contribution in [-0.4, -0.2) is 24.1 Å². The zero-order chi connectivity index (χ0) is 25.5. The summed E-state index contributed by atoms with van der Waals surface area (Å²) in [6, 6.07) is 34.0. The Kier molecular flexibility index (Phi) is 4.14. The van der Waals surface area contributed by atoms with Crippen molar-refractivity contribution in [2.24, 2.45) is 0 Å². The monoisotopic (exact) mass is 517 g/mol. The molecule has 0 fully saturated rings.